The smallest absolute Gasteiger partial charge is 0.324 e. The number of carbonyl (C=O) groups is 1. The molecule has 2 aromatic rings. The molecule has 0 aliphatic heterocycles. The summed E-state index contributed by atoms with van der Waals surface area (Å²) in [7, 11) is -3.91. The summed E-state index contributed by atoms with van der Waals surface area (Å²) in [5.41, 5.74) is 0.481. The molecule has 8 nitrogen and oxygen atoms in total. The van der Waals surface area contributed by atoms with Gasteiger partial charge in [0.1, 0.15) is 12.6 Å². The van der Waals surface area contributed by atoms with Gasteiger partial charge in [0.2, 0.25) is 10.0 Å². The van der Waals surface area contributed by atoms with Crippen molar-refractivity contribution in [2.45, 2.75) is 31.4 Å². The number of nitrogens with zero attached hydrogens (tertiary/aromatic N) is 1. The molecule has 0 fully saturated rings. The number of hydrogen-bond acceptors (Lipinski definition) is 6. The Labute approximate surface area is 171 Å². The maximum atomic E-state index is 12.5. The number of non-ortho nitro benzene ring substituents is 1. The molecule has 0 saturated heterocycles. The summed E-state index contributed by atoms with van der Waals surface area (Å²) in [4.78, 5) is 22.6. The van der Waals surface area contributed by atoms with E-state index in [9.17, 15) is 23.3 Å². The van der Waals surface area contributed by atoms with E-state index in [0.717, 1.165) is 4.47 Å². The van der Waals surface area contributed by atoms with Gasteiger partial charge in [-0.05, 0) is 47.9 Å². The van der Waals surface area contributed by atoms with Crippen LogP contribution in [-0.2, 0) is 26.2 Å². The quantitative estimate of drug-likeness (QED) is 0.359. The number of carbonyl (C=O) groups excluding carboxylic acids is 1. The summed E-state index contributed by atoms with van der Waals surface area (Å²) in [6.07, 6.45) is 0. The van der Waals surface area contributed by atoms with Crippen molar-refractivity contribution >= 4 is 37.6 Å². The Morgan fingerprint density at radius 1 is 1.14 bits per heavy atom. The van der Waals surface area contributed by atoms with Crippen LogP contribution in [0, 0.1) is 16.0 Å². The Bertz CT molecular complexity index is 943. The van der Waals surface area contributed by atoms with Crippen LogP contribution in [0.4, 0.5) is 5.69 Å². The van der Waals surface area contributed by atoms with Crippen LogP contribution in [0.3, 0.4) is 0 Å². The first-order valence-electron chi connectivity index (χ1n) is 8.28. The number of hydrogen-bond donors (Lipinski definition) is 1. The Kier molecular flexibility index (Phi) is 7.28. The Morgan fingerprint density at radius 2 is 1.71 bits per heavy atom. The normalized spacial score (nSPS) is 12.6. The van der Waals surface area contributed by atoms with Crippen LogP contribution < -0.4 is 4.72 Å². The zero-order valence-electron chi connectivity index (χ0n) is 15.2. The van der Waals surface area contributed by atoms with Crippen LogP contribution in [0.15, 0.2) is 57.9 Å². The molecular weight excluding hydrogens is 452 g/mol. The number of ether oxygens (including phenoxy) is 1. The Balaban J connectivity index is 2.07. The van der Waals surface area contributed by atoms with Crippen molar-refractivity contribution in [3.63, 3.8) is 0 Å². The molecule has 0 spiro atoms. The van der Waals surface area contributed by atoms with Crippen molar-refractivity contribution in [2.75, 3.05) is 0 Å². The van der Waals surface area contributed by atoms with Gasteiger partial charge in [-0.1, -0.05) is 29.8 Å². The first-order chi connectivity index (χ1) is 13.1. The SMILES string of the molecule is CC(C)[C@@H](NS(=O)(=O)c1ccc(Br)cc1)C(=O)OCc1ccc([N+](=O)[O-])cc1. The van der Waals surface area contributed by atoms with Gasteiger partial charge >= 0.3 is 5.97 Å². The molecule has 1 N–H and O–H groups in total. The number of nitro benzene ring substituents is 1. The highest BCUT2D eigenvalue weighted by Gasteiger charge is 2.29. The largest absolute Gasteiger partial charge is 0.460 e. The summed E-state index contributed by atoms with van der Waals surface area (Å²) < 4.78 is 33.4. The van der Waals surface area contributed by atoms with Crippen molar-refractivity contribution in [3.8, 4) is 0 Å². The van der Waals surface area contributed by atoms with Crippen LogP contribution in [-0.4, -0.2) is 25.4 Å². The van der Waals surface area contributed by atoms with Gasteiger partial charge in [0.05, 0.1) is 9.82 Å². The highest BCUT2D eigenvalue weighted by Crippen LogP contribution is 2.17. The lowest BCUT2D eigenvalue weighted by atomic mass is 10.1. The van der Waals surface area contributed by atoms with Gasteiger partial charge in [-0.25, -0.2) is 8.42 Å². The summed E-state index contributed by atoms with van der Waals surface area (Å²) in [5, 5.41) is 10.7. The minimum Gasteiger partial charge on any atom is -0.460 e. The van der Waals surface area contributed by atoms with E-state index in [2.05, 4.69) is 20.7 Å². The van der Waals surface area contributed by atoms with E-state index in [-0.39, 0.29) is 23.1 Å². The average molecular weight is 471 g/mol. The number of benzene rings is 2. The molecule has 0 radical (unpaired) electrons. The van der Waals surface area contributed by atoms with E-state index >= 15 is 0 Å². The third-order valence-corrected chi connectivity index (χ3v) is 5.84. The van der Waals surface area contributed by atoms with E-state index in [1.165, 1.54) is 36.4 Å². The number of esters is 1. The zero-order chi connectivity index (χ0) is 20.9. The van der Waals surface area contributed by atoms with E-state index in [1.807, 2.05) is 0 Å². The maximum absolute atomic E-state index is 12.5. The molecule has 0 amide bonds. The van der Waals surface area contributed by atoms with Crippen molar-refractivity contribution in [1.29, 1.82) is 0 Å². The van der Waals surface area contributed by atoms with Crippen LogP contribution in [0.5, 0.6) is 0 Å². The minimum absolute atomic E-state index is 0.0320. The number of sulfonamides is 1. The molecule has 0 aliphatic rings. The molecule has 2 aromatic carbocycles. The molecule has 0 bridgehead atoms. The number of nitro groups is 1. The predicted octanol–water partition coefficient (Wildman–Crippen LogP) is 3.40. The molecule has 150 valence electrons. The van der Waals surface area contributed by atoms with Crippen LogP contribution in [0.25, 0.3) is 0 Å². The highest BCUT2D eigenvalue weighted by molar-refractivity contribution is 9.10. The van der Waals surface area contributed by atoms with Crippen LogP contribution in [0.1, 0.15) is 19.4 Å². The zero-order valence-corrected chi connectivity index (χ0v) is 17.6. The lowest BCUT2D eigenvalue weighted by Crippen LogP contribution is -2.45. The van der Waals surface area contributed by atoms with E-state index in [4.69, 9.17) is 4.74 Å². The monoisotopic (exact) mass is 470 g/mol. The molecule has 0 heterocycles. The van der Waals surface area contributed by atoms with Gasteiger partial charge < -0.3 is 4.74 Å². The van der Waals surface area contributed by atoms with Gasteiger partial charge in [0.15, 0.2) is 0 Å². The molecule has 2 rings (SSSR count). The van der Waals surface area contributed by atoms with Crippen LogP contribution >= 0.6 is 15.9 Å². The van der Waals surface area contributed by atoms with Gasteiger partial charge in [-0.2, -0.15) is 4.72 Å². The van der Waals surface area contributed by atoms with Gasteiger partial charge in [-0.15, -0.1) is 0 Å². The molecule has 0 aromatic heterocycles. The first kappa shape index (κ1) is 22.0. The fourth-order valence-electron chi connectivity index (χ4n) is 2.26. The number of halogens is 1. The maximum Gasteiger partial charge on any atom is 0.324 e. The van der Waals surface area contributed by atoms with Gasteiger partial charge in [0, 0.05) is 16.6 Å². The second-order valence-electron chi connectivity index (χ2n) is 6.33. The fraction of sp³-hybridized carbons (Fsp3) is 0.278. The molecular formula is C18H19BrN2O6S. The van der Waals surface area contributed by atoms with Crippen LogP contribution in [0.2, 0.25) is 0 Å². The van der Waals surface area contributed by atoms with E-state index < -0.39 is 27.0 Å². The minimum atomic E-state index is -3.91. The number of nitrogens with one attached hydrogen (secondary N) is 1. The lowest BCUT2D eigenvalue weighted by Gasteiger charge is -2.21. The molecule has 1 atom stereocenters. The second kappa shape index (κ2) is 9.26. The third kappa shape index (κ3) is 5.85. The first-order valence-corrected chi connectivity index (χ1v) is 10.6. The lowest BCUT2D eigenvalue weighted by molar-refractivity contribution is -0.384. The molecule has 28 heavy (non-hydrogen) atoms. The molecule has 0 unspecified atom stereocenters. The molecule has 0 aliphatic carbocycles. The van der Waals surface area contributed by atoms with E-state index in [0.29, 0.717) is 5.56 Å². The van der Waals surface area contributed by atoms with Gasteiger partial charge in [0.25, 0.3) is 5.69 Å². The van der Waals surface area contributed by atoms with Crippen molar-refractivity contribution < 1.29 is 22.9 Å². The summed E-state index contributed by atoms with van der Waals surface area (Å²) in [6.45, 7) is 3.27. The Morgan fingerprint density at radius 3 is 2.21 bits per heavy atom. The molecule has 0 saturated carbocycles. The van der Waals surface area contributed by atoms with Crippen molar-refractivity contribution in [1.82, 2.24) is 4.72 Å². The number of rotatable bonds is 8. The summed E-state index contributed by atoms with van der Waals surface area (Å²) >= 11 is 3.24. The van der Waals surface area contributed by atoms with Gasteiger partial charge in [-0.3, -0.25) is 14.9 Å². The van der Waals surface area contributed by atoms with Crippen molar-refractivity contribution in [2.24, 2.45) is 5.92 Å². The summed E-state index contributed by atoms with van der Waals surface area (Å²) in [6, 6.07) is 10.5. The van der Waals surface area contributed by atoms with Crippen molar-refractivity contribution in [3.05, 3.63) is 68.7 Å². The summed E-state index contributed by atoms with van der Waals surface area (Å²) in [5.74, 6) is -1.08. The Hall–Kier alpha value is -2.30. The third-order valence-electron chi connectivity index (χ3n) is 3.85. The average Bonchev–Trinajstić information content (AvgIpc) is 2.64. The topological polar surface area (TPSA) is 116 Å². The predicted molar refractivity (Wildman–Crippen MR) is 106 cm³/mol. The fourth-order valence-corrected chi connectivity index (χ4v) is 3.86. The molecule has 10 heteroatoms. The van der Waals surface area contributed by atoms with E-state index in [1.54, 1.807) is 26.0 Å². The highest BCUT2D eigenvalue weighted by atomic mass is 79.9. The standard InChI is InChI=1S/C18H19BrN2O6S/c1-12(2)17(20-28(25,26)16-9-5-14(19)6-10-16)18(22)27-11-13-3-7-15(8-4-13)21(23)24/h3-10,12,17,20H,11H2,1-2H3/t17-/m1/s1. The second-order valence-corrected chi connectivity index (χ2v) is 8.96.